The summed E-state index contributed by atoms with van der Waals surface area (Å²) in [4.78, 5) is 21.3. The number of anilines is 3. The van der Waals surface area contributed by atoms with E-state index in [1.165, 1.54) is 34.8 Å². The minimum absolute atomic E-state index is 0.0340. The predicted molar refractivity (Wildman–Crippen MR) is 184 cm³/mol. The molecule has 5 aromatic rings. The Labute approximate surface area is 284 Å². The fourth-order valence-electron chi connectivity index (χ4n) is 4.47. The van der Waals surface area contributed by atoms with Gasteiger partial charge in [-0.3, -0.25) is 0 Å². The van der Waals surface area contributed by atoms with Gasteiger partial charge < -0.3 is 36.0 Å². The predicted octanol–water partition coefficient (Wildman–Crippen LogP) is 4.74. The molecule has 48 heavy (non-hydrogen) atoms. The molecule has 250 valence electrons. The maximum Gasteiger partial charge on any atom is 0.355 e. The van der Waals surface area contributed by atoms with E-state index in [0.717, 1.165) is 20.9 Å². The highest BCUT2D eigenvalue weighted by Gasteiger charge is 2.18. The van der Waals surface area contributed by atoms with Crippen LogP contribution in [0.25, 0.3) is 10.2 Å². The van der Waals surface area contributed by atoms with Gasteiger partial charge in [-0.1, -0.05) is 35.3 Å². The number of hydrogen-bond acceptors (Lipinski definition) is 13. The highest BCUT2D eigenvalue weighted by Crippen LogP contribution is 2.29. The number of aliphatic hydroxyl groups is 2. The number of hydrogen-bond donors (Lipinski definition) is 6. The summed E-state index contributed by atoms with van der Waals surface area (Å²) in [6.07, 6.45) is 0.490. The summed E-state index contributed by atoms with van der Waals surface area (Å²) in [7, 11) is 0. The minimum Gasteiger partial charge on any atom is -0.491 e. The Morgan fingerprint density at radius 2 is 1.96 bits per heavy atom. The summed E-state index contributed by atoms with van der Waals surface area (Å²) in [5, 5.41) is 47.0. The van der Waals surface area contributed by atoms with Gasteiger partial charge in [0, 0.05) is 10.4 Å². The molecule has 0 spiro atoms. The molecule has 0 saturated carbocycles. The normalized spacial score (nSPS) is 11.6. The van der Waals surface area contributed by atoms with Gasteiger partial charge in [0.25, 0.3) is 0 Å². The average Bonchev–Trinajstić information content (AvgIpc) is 3.69. The molecule has 0 fully saturated rings. The lowest BCUT2D eigenvalue weighted by Crippen LogP contribution is -2.22. The van der Waals surface area contributed by atoms with E-state index in [1.54, 1.807) is 6.07 Å². The summed E-state index contributed by atoms with van der Waals surface area (Å²) in [6, 6.07) is 14.2. The van der Waals surface area contributed by atoms with Gasteiger partial charge in [0.1, 0.15) is 0 Å². The summed E-state index contributed by atoms with van der Waals surface area (Å²) >= 11 is 2.77. The van der Waals surface area contributed by atoms with Gasteiger partial charge in [-0.2, -0.15) is 5.10 Å². The van der Waals surface area contributed by atoms with Gasteiger partial charge >= 0.3 is 5.97 Å². The molecule has 0 aliphatic rings. The number of halogens is 1. The molecule has 0 aliphatic heterocycles. The molecule has 0 amide bonds. The maximum atomic E-state index is 14.6. The minimum atomic E-state index is -1.13. The number of carboxylic acid groups (broad SMARTS) is 1. The van der Waals surface area contributed by atoms with Crippen LogP contribution in [-0.4, -0.2) is 73.9 Å². The molecule has 3 aromatic heterocycles. The standard InChI is InChI=1S/C33H34FN7O5S2/c1-20-16-22(40-41-30(20)39-33-37-25-7-2-3-8-27(25)47-33)18-36-32-38-29(31(44)45)28(48-32)9-5-15-46-26-11-10-21(17-24(26)34)6-4-13-35-14-12-23(43)19-42/h2-3,7-8,10-11,16-17,23,35,42-43H,5,9,12-15,18-19H2,1H3,(H,36,38)(H,44,45)(H,37,39,41)/t23-/m0/s1. The van der Waals surface area contributed by atoms with E-state index in [0.29, 0.717) is 66.0 Å². The Morgan fingerprint density at radius 1 is 1.10 bits per heavy atom. The van der Waals surface area contributed by atoms with Crippen LogP contribution in [0.4, 0.5) is 20.5 Å². The molecule has 2 aromatic carbocycles. The van der Waals surface area contributed by atoms with E-state index in [2.05, 4.69) is 48.0 Å². The number of aromatic nitrogens is 4. The summed E-state index contributed by atoms with van der Waals surface area (Å²) in [5.41, 5.74) is 2.91. The molecular weight excluding hydrogens is 658 g/mol. The van der Waals surface area contributed by atoms with Gasteiger partial charge in [0.15, 0.2) is 33.3 Å². The molecule has 5 rings (SSSR count). The topological polar surface area (TPSA) is 175 Å². The van der Waals surface area contributed by atoms with Crippen LogP contribution in [0, 0.1) is 24.6 Å². The van der Waals surface area contributed by atoms with E-state index in [1.807, 2.05) is 37.3 Å². The average molecular weight is 692 g/mol. The number of ether oxygens (including phenoxy) is 1. The van der Waals surface area contributed by atoms with Crippen molar-refractivity contribution in [3.8, 4) is 17.6 Å². The Kier molecular flexibility index (Phi) is 12.2. The zero-order chi connectivity index (χ0) is 33.9. The van der Waals surface area contributed by atoms with Crippen LogP contribution in [0.15, 0.2) is 48.5 Å². The van der Waals surface area contributed by atoms with Crippen molar-refractivity contribution in [2.24, 2.45) is 0 Å². The van der Waals surface area contributed by atoms with Crippen LogP contribution < -0.4 is 20.7 Å². The van der Waals surface area contributed by atoms with Crippen molar-refractivity contribution in [2.75, 3.05) is 36.9 Å². The first-order valence-corrected chi connectivity index (χ1v) is 16.8. The molecule has 6 N–H and O–H groups in total. The van der Waals surface area contributed by atoms with E-state index in [-0.39, 0.29) is 24.7 Å². The lowest BCUT2D eigenvalue weighted by atomic mass is 10.2. The number of thiazole rings is 2. The molecule has 0 unspecified atom stereocenters. The number of nitrogens with one attached hydrogen (secondary N) is 3. The number of aliphatic hydroxyl groups excluding tert-OH is 2. The quantitative estimate of drug-likeness (QED) is 0.0621. The third-order valence-corrected chi connectivity index (χ3v) is 8.95. The zero-order valence-corrected chi connectivity index (χ0v) is 27.6. The smallest absolute Gasteiger partial charge is 0.355 e. The van der Waals surface area contributed by atoms with Crippen molar-refractivity contribution in [2.45, 2.75) is 38.8 Å². The number of benzene rings is 2. The molecule has 12 nitrogen and oxygen atoms in total. The Morgan fingerprint density at radius 3 is 2.73 bits per heavy atom. The summed E-state index contributed by atoms with van der Waals surface area (Å²) < 4.78 is 21.3. The molecule has 0 bridgehead atoms. The Bertz CT molecular complexity index is 1890. The summed E-state index contributed by atoms with van der Waals surface area (Å²) in [6.45, 7) is 2.97. The third-order valence-electron chi connectivity index (χ3n) is 6.92. The lowest BCUT2D eigenvalue weighted by molar-refractivity contribution is 0.0690. The first-order valence-electron chi connectivity index (χ1n) is 15.1. The van der Waals surface area contributed by atoms with Gasteiger partial charge in [0.2, 0.25) is 0 Å². The van der Waals surface area contributed by atoms with E-state index in [9.17, 15) is 19.4 Å². The van der Waals surface area contributed by atoms with Gasteiger partial charge in [-0.05, 0) is 74.7 Å². The number of rotatable bonds is 16. The zero-order valence-electron chi connectivity index (χ0n) is 26.0. The van der Waals surface area contributed by atoms with Crippen LogP contribution in [0.2, 0.25) is 0 Å². The number of fused-ring (bicyclic) bond motifs is 1. The molecule has 3 heterocycles. The lowest BCUT2D eigenvalue weighted by Gasteiger charge is -2.07. The second-order valence-electron chi connectivity index (χ2n) is 10.6. The second-order valence-corrected chi connectivity index (χ2v) is 12.7. The van der Waals surface area contributed by atoms with E-state index >= 15 is 0 Å². The van der Waals surface area contributed by atoms with Crippen molar-refractivity contribution in [3.63, 3.8) is 0 Å². The molecular formula is C33H34FN7O5S2. The maximum absolute atomic E-state index is 14.6. The molecule has 0 aliphatic carbocycles. The van der Waals surface area contributed by atoms with Crippen molar-refractivity contribution in [1.29, 1.82) is 0 Å². The largest absolute Gasteiger partial charge is 0.491 e. The van der Waals surface area contributed by atoms with Crippen LogP contribution in [0.1, 0.15) is 45.0 Å². The molecule has 15 heteroatoms. The molecule has 0 radical (unpaired) electrons. The first-order chi connectivity index (χ1) is 23.3. The molecule has 0 saturated heterocycles. The van der Waals surface area contributed by atoms with Crippen LogP contribution in [0.5, 0.6) is 5.75 Å². The SMILES string of the molecule is Cc1cc(CNc2nc(C(=O)O)c(CCCOc3ccc(C#CCNCC[C@H](O)CO)cc3F)s2)nnc1Nc1nc2ccccc2s1. The Hall–Kier alpha value is -4.72. The first kappa shape index (κ1) is 34.6. The number of nitrogens with zero attached hydrogens (tertiary/aromatic N) is 4. The fraction of sp³-hybridized carbons (Fsp3) is 0.303. The van der Waals surface area contributed by atoms with Gasteiger partial charge in [-0.15, -0.1) is 16.4 Å². The summed E-state index contributed by atoms with van der Waals surface area (Å²) in [5.74, 6) is 4.75. The highest BCUT2D eigenvalue weighted by atomic mass is 32.1. The van der Waals surface area contributed by atoms with Crippen molar-refractivity contribution >= 4 is 54.9 Å². The number of aryl methyl sites for hydroxylation is 2. The van der Waals surface area contributed by atoms with Crippen molar-refractivity contribution in [1.82, 2.24) is 25.5 Å². The van der Waals surface area contributed by atoms with E-state index < -0.39 is 17.9 Å². The van der Waals surface area contributed by atoms with E-state index in [4.69, 9.17) is 9.84 Å². The number of carbonyl (C=O) groups is 1. The van der Waals surface area contributed by atoms with Crippen molar-refractivity contribution in [3.05, 3.63) is 81.7 Å². The van der Waals surface area contributed by atoms with Crippen LogP contribution in [-0.2, 0) is 13.0 Å². The third kappa shape index (κ3) is 9.66. The molecule has 1 atom stereocenters. The van der Waals surface area contributed by atoms with Crippen LogP contribution in [0.3, 0.4) is 0 Å². The highest BCUT2D eigenvalue weighted by molar-refractivity contribution is 7.22. The number of para-hydroxylation sites is 1. The monoisotopic (exact) mass is 691 g/mol. The number of aromatic carboxylic acids is 1. The van der Waals surface area contributed by atoms with Crippen molar-refractivity contribution < 1.29 is 29.2 Å². The van der Waals surface area contributed by atoms with Crippen LogP contribution >= 0.6 is 22.7 Å². The van der Waals surface area contributed by atoms with Gasteiger partial charge in [-0.25, -0.2) is 19.2 Å². The second kappa shape index (κ2) is 16.9. The fourth-order valence-corrected chi connectivity index (χ4v) is 6.33. The van der Waals surface area contributed by atoms with Gasteiger partial charge in [0.05, 0.1) is 48.3 Å². The Balaban J connectivity index is 1.09. The number of carboxylic acids is 1.